The van der Waals surface area contributed by atoms with Crippen molar-refractivity contribution in [3.05, 3.63) is 24.0 Å². The Morgan fingerprint density at radius 3 is 3.00 bits per heavy atom. The van der Waals surface area contributed by atoms with Gasteiger partial charge in [-0.2, -0.15) is 0 Å². The molecule has 1 aromatic rings. The van der Waals surface area contributed by atoms with Gasteiger partial charge in [-0.1, -0.05) is 0 Å². The molecule has 2 atom stereocenters. The predicted octanol–water partition coefficient (Wildman–Crippen LogP) is 1.94. The van der Waals surface area contributed by atoms with Crippen LogP contribution in [0, 0.1) is 0 Å². The summed E-state index contributed by atoms with van der Waals surface area (Å²) in [6.45, 7) is 4.85. The van der Waals surface area contributed by atoms with Gasteiger partial charge in [-0.3, -0.25) is 16.3 Å². The van der Waals surface area contributed by atoms with E-state index in [0.717, 1.165) is 37.2 Å². The normalized spacial score (nSPS) is 20.7. The van der Waals surface area contributed by atoms with Gasteiger partial charge < -0.3 is 9.47 Å². The second kappa shape index (κ2) is 6.84. The SMILES string of the molecule is CC(C)Oc1cncc(C(CC2CCCO2)NN)c1. The first-order valence-corrected chi connectivity index (χ1v) is 6.88. The zero-order valence-electron chi connectivity index (χ0n) is 11.6. The Balaban J connectivity index is 2.04. The number of aromatic nitrogens is 1. The number of nitrogens with two attached hydrogens (primary N) is 1. The maximum atomic E-state index is 5.66. The topological polar surface area (TPSA) is 69.4 Å². The van der Waals surface area contributed by atoms with Crippen LogP contribution in [-0.2, 0) is 4.74 Å². The molecular weight excluding hydrogens is 242 g/mol. The van der Waals surface area contributed by atoms with Crippen LogP contribution in [0.15, 0.2) is 18.5 Å². The lowest BCUT2D eigenvalue weighted by atomic mass is 10.0. The molecule has 0 aliphatic carbocycles. The first kappa shape index (κ1) is 14.2. The van der Waals surface area contributed by atoms with E-state index in [4.69, 9.17) is 15.3 Å². The molecule has 5 heteroatoms. The van der Waals surface area contributed by atoms with Gasteiger partial charge in [0, 0.05) is 12.8 Å². The first-order valence-electron chi connectivity index (χ1n) is 6.88. The molecule has 0 spiro atoms. The van der Waals surface area contributed by atoms with Crippen LogP contribution in [-0.4, -0.2) is 23.8 Å². The van der Waals surface area contributed by atoms with Crippen LogP contribution < -0.4 is 16.0 Å². The minimum atomic E-state index is 0.0475. The molecule has 0 amide bonds. The Labute approximate surface area is 114 Å². The molecule has 106 valence electrons. The van der Waals surface area contributed by atoms with Crippen LogP contribution in [0.1, 0.15) is 44.7 Å². The van der Waals surface area contributed by atoms with Crippen molar-refractivity contribution >= 4 is 0 Å². The predicted molar refractivity (Wildman–Crippen MR) is 73.7 cm³/mol. The van der Waals surface area contributed by atoms with Crippen LogP contribution in [0.2, 0.25) is 0 Å². The van der Waals surface area contributed by atoms with Crippen molar-refractivity contribution in [2.75, 3.05) is 6.61 Å². The van der Waals surface area contributed by atoms with Crippen molar-refractivity contribution in [2.45, 2.75) is 51.4 Å². The molecule has 0 bridgehead atoms. The van der Waals surface area contributed by atoms with E-state index in [1.54, 1.807) is 6.20 Å². The molecule has 1 fully saturated rings. The van der Waals surface area contributed by atoms with Crippen molar-refractivity contribution in [3.63, 3.8) is 0 Å². The van der Waals surface area contributed by atoms with Gasteiger partial charge in [-0.05, 0) is 44.7 Å². The van der Waals surface area contributed by atoms with Gasteiger partial charge in [0.05, 0.1) is 24.4 Å². The molecule has 19 heavy (non-hydrogen) atoms. The summed E-state index contributed by atoms with van der Waals surface area (Å²) in [6.07, 6.45) is 7.08. The molecule has 0 saturated carbocycles. The van der Waals surface area contributed by atoms with Crippen LogP contribution in [0.5, 0.6) is 5.75 Å². The second-order valence-electron chi connectivity index (χ2n) is 5.21. The monoisotopic (exact) mass is 265 g/mol. The number of pyridine rings is 1. The van der Waals surface area contributed by atoms with Gasteiger partial charge in [0.25, 0.3) is 0 Å². The fourth-order valence-corrected chi connectivity index (χ4v) is 2.36. The van der Waals surface area contributed by atoms with E-state index < -0.39 is 0 Å². The van der Waals surface area contributed by atoms with Crippen molar-refractivity contribution in [3.8, 4) is 5.75 Å². The molecule has 2 rings (SSSR count). The Kier molecular flexibility index (Phi) is 5.13. The average molecular weight is 265 g/mol. The van der Waals surface area contributed by atoms with E-state index in [-0.39, 0.29) is 18.2 Å². The van der Waals surface area contributed by atoms with E-state index in [2.05, 4.69) is 10.4 Å². The zero-order chi connectivity index (χ0) is 13.7. The summed E-state index contributed by atoms with van der Waals surface area (Å²) in [4.78, 5) is 4.22. The van der Waals surface area contributed by atoms with E-state index >= 15 is 0 Å². The van der Waals surface area contributed by atoms with Gasteiger partial charge in [0.2, 0.25) is 0 Å². The van der Waals surface area contributed by atoms with E-state index in [1.165, 1.54) is 0 Å². The van der Waals surface area contributed by atoms with Gasteiger partial charge in [0.1, 0.15) is 5.75 Å². The molecule has 0 radical (unpaired) electrons. The highest BCUT2D eigenvalue weighted by Gasteiger charge is 2.21. The quantitative estimate of drug-likeness (QED) is 0.607. The Morgan fingerprint density at radius 2 is 2.37 bits per heavy atom. The number of nitrogens with one attached hydrogen (secondary N) is 1. The molecular formula is C14H23N3O2. The lowest BCUT2D eigenvalue weighted by molar-refractivity contribution is 0.0945. The molecule has 2 unspecified atom stereocenters. The molecule has 5 nitrogen and oxygen atoms in total. The summed E-state index contributed by atoms with van der Waals surface area (Å²) in [5.74, 6) is 6.44. The average Bonchev–Trinajstić information content (AvgIpc) is 2.88. The highest BCUT2D eigenvalue weighted by molar-refractivity contribution is 5.26. The summed E-state index contributed by atoms with van der Waals surface area (Å²) in [5, 5.41) is 0. The molecule has 0 aromatic carbocycles. The molecule has 1 saturated heterocycles. The fraction of sp³-hybridized carbons (Fsp3) is 0.643. The molecule has 3 N–H and O–H groups in total. The third-order valence-corrected chi connectivity index (χ3v) is 3.23. The van der Waals surface area contributed by atoms with E-state index in [1.807, 2.05) is 26.1 Å². The van der Waals surface area contributed by atoms with Gasteiger partial charge in [-0.25, -0.2) is 0 Å². The first-order chi connectivity index (χ1) is 9.19. The number of hydrogen-bond acceptors (Lipinski definition) is 5. The van der Waals surface area contributed by atoms with E-state index in [9.17, 15) is 0 Å². The minimum absolute atomic E-state index is 0.0475. The lowest BCUT2D eigenvalue weighted by Gasteiger charge is -2.20. The Morgan fingerprint density at radius 1 is 1.53 bits per heavy atom. The van der Waals surface area contributed by atoms with Gasteiger partial charge in [-0.15, -0.1) is 0 Å². The summed E-state index contributed by atoms with van der Waals surface area (Å²) >= 11 is 0. The Hall–Kier alpha value is -1.17. The van der Waals surface area contributed by atoms with Crippen LogP contribution in [0.25, 0.3) is 0 Å². The molecule has 1 aromatic heterocycles. The molecule has 1 aliphatic rings. The second-order valence-corrected chi connectivity index (χ2v) is 5.21. The highest BCUT2D eigenvalue weighted by Crippen LogP contribution is 2.26. The summed E-state index contributed by atoms with van der Waals surface area (Å²) in [7, 11) is 0. The smallest absolute Gasteiger partial charge is 0.138 e. The highest BCUT2D eigenvalue weighted by atomic mass is 16.5. The summed E-state index contributed by atoms with van der Waals surface area (Å²) in [5.41, 5.74) is 3.89. The zero-order valence-corrected chi connectivity index (χ0v) is 11.6. The van der Waals surface area contributed by atoms with Gasteiger partial charge in [0.15, 0.2) is 0 Å². The molecule has 2 heterocycles. The third-order valence-electron chi connectivity index (χ3n) is 3.23. The van der Waals surface area contributed by atoms with Crippen molar-refractivity contribution in [1.29, 1.82) is 0 Å². The minimum Gasteiger partial charge on any atom is -0.489 e. The van der Waals surface area contributed by atoms with Crippen LogP contribution >= 0.6 is 0 Å². The largest absolute Gasteiger partial charge is 0.489 e. The van der Waals surface area contributed by atoms with E-state index in [0.29, 0.717) is 0 Å². The third kappa shape index (κ3) is 4.16. The number of rotatable bonds is 6. The van der Waals surface area contributed by atoms with Gasteiger partial charge >= 0.3 is 0 Å². The number of nitrogens with zero attached hydrogens (tertiary/aromatic N) is 1. The standard InChI is InChI=1S/C14H23N3O2/c1-10(2)19-13-6-11(8-16-9-13)14(17-15)7-12-4-3-5-18-12/h6,8-10,12,14,17H,3-5,7,15H2,1-2H3. The van der Waals surface area contributed by atoms with Crippen LogP contribution in [0.3, 0.4) is 0 Å². The van der Waals surface area contributed by atoms with Crippen molar-refractivity contribution in [2.24, 2.45) is 5.84 Å². The van der Waals surface area contributed by atoms with Crippen molar-refractivity contribution in [1.82, 2.24) is 10.4 Å². The fourth-order valence-electron chi connectivity index (χ4n) is 2.36. The molecule has 1 aliphatic heterocycles. The van der Waals surface area contributed by atoms with Crippen molar-refractivity contribution < 1.29 is 9.47 Å². The number of ether oxygens (including phenoxy) is 2. The van der Waals surface area contributed by atoms with Crippen LogP contribution in [0.4, 0.5) is 0 Å². The summed E-state index contributed by atoms with van der Waals surface area (Å²) < 4.78 is 11.3. The maximum absolute atomic E-state index is 5.66. The maximum Gasteiger partial charge on any atom is 0.138 e. The number of hydrogen-bond donors (Lipinski definition) is 2. The Bertz CT molecular complexity index is 392. The summed E-state index contributed by atoms with van der Waals surface area (Å²) in [6, 6.07) is 2.04. The number of hydrazine groups is 1. The lowest BCUT2D eigenvalue weighted by Crippen LogP contribution is -2.31.